The van der Waals surface area contributed by atoms with E-state index in [2.05, 4.69) is 5.32 Å². The van der Waals surface area contributed by atoms with E-state index in [0.29, 0.717) is 19.6 Å². The van der Waals surface area contributed by atoms with Crippen molar-refractivity contribution in [1.82, 2.24) is 9.80 Å². The van der Waals surface area contributed by atoms with Gasteiger partial charge in [-0.15, -0.1) is 0 Å². The molecule has 1 heterocycles. The van der Waals surface area contributed by atoms with E-state index < -0.39 is 43.0 Å². The van der Waals surface area contributed by atoms with Crippen molar-refractivity contribution in [3.05, 3.63) is 59.7 Å². The van der Waals surface area contributed by atoms with Crippen LogP contribution in [0, 0.1) is 5.92 Å². The van der Waals surface area contributed by atoms with Gasteiger partial charge in [0.05, 0.1) is 43.3 Å². The Morgan fingerprint density at radius 1 is 1.13 bits per heavy atom. The summed E-state index contributed by atoms with van der Waals surface area (Å²) < 4.78 is 50.4. The number of aliphatic hydroxyl groups excluding tert-OH is 1. The van der Waals surface area contributed by atoms with Gasteiger partial charge in [0.1, 0.15) is 5.75 Å². The van der Waals surface area contributed by atoms with E-state index in [4.69, 9.17) is 9.47 Å². The maximum absolute atomic E-state index is 14.2. The van der Waals surface area contributed by atoms with E-state index in [1.165, 1.54) is 23.1 Å². The summed E-state index contributed by atoms with van der Waals surface area (Å²) in [5.74, 6) is -1.37. The normalized spacial score (nSPS) is 20.6. The van der Waals surface area contributed by atoms with Crippen LogP contribution in [0.5, 0.6) is 5.75 Å². The first-order valence-corrected chi connectivity index (χ1v) is 15.8. The predicted octanol–water partition coefficient (Wildman–Crippen LogP) is 5.46. The molecule has 0 saturated heterocycles. The van der Waals surface area contributed by atoms with Crippen LogP contribution in [0.1, 0.15) is 68.8 Å². The molecule has 0 unspecified atom stereocenters. The molecule has 12 heteroatoms. The molecule has 0 fully saturated rings. The summed E-state index contributed by atoms with van der Waals surface area (Å²) in [4.78, 5) is 42.6. The van der Waals surface area contributed by atoms with Crippen molar-refractivity contribution in [2.45, 2.75) is 83.7 Å². The van der Waals surface area contributed by atoms with Gasteiger partial charge in [0, 0.05) is 44.8 Å². The van der Waals surface area contributed by atoms with Gasteiger partial charge in [0.25, 0.3) is 5.91 Å². The lowest BCUT2D eigenvalue weighted by Gasteiger charge is -2.36. The smallest absolute Gasteiger partial charge is 0.389 e. The molecule has 0 aliphatic carbocycles. The Labute approximate surface area is 269 Å². The zero-order valence-electron chi connectivity index (χ0n) is 27.0. The SMILES string of the molecule is C[C@H](CO)N1C[C@H](C)[C@@H](CN(C)C(=O)Cc2ccccc2)OCCCC[C@H](C)Oc2ccc(NC(=O)CCC(F)(F)F)cc2C1=O. The Hall–Kier alpha value is -3.64. The summed E-state index contributed by atoms with van der Waals surface area (Å²) in [7, 11) is 1.73. The average Bonchev–Trinajstić information content (AvgIpc) is 3.01. The van der Waals surface area contributed by atoms with Crippen molar-refractivity contribution < 1.29 is 42.1 Å². The Morgan fingerprint density at radius 2 is 1.85 bits per heavy atom. The third-order valence-electron chi connectivity index (χ3n) is 8.05. The van der Waals surface area contributed by atoms with Crippen LogP contribution in [0.3, 0.4) is 0 Å². The number of hydrogen-bond acceptors (Lipinski definition) is 6. The zero-order chi connectivity index (χ0) is 33.9. The van der Waals surface area contributed by atoms with Gasteiger partial charge in [0.15, 0.2) is 0 Å². The molecule has 2 aromatic rings. The molecule has 0 bridgehead atoms. The summed E-state index contributed by atoms with van der Waals surface area (Å²) in [6, 6.07) is 13.2. The molecule has 254 valence electrons. The minimum Gasteiger partial charge on any atom is -0.490 e. The van der Waals surface area contributed by atoms with Crippen LogP contribution in [0.15, 0.2) is 48.5 Å². The van der Waals surface area contributed by atoms with E-state index >= 15 is 0 Å². The minimum atomic E-state index is -4.47. The second-order valence-electron chi connectivity index (χ2n) is 12.1. The van der Waals surface area contributed by atoms with Crippen LogP contribution in [-0.2, 0) is 20.7 Å². The Bertz CT molecular complexity index is 1290. The number of rotatable bonds is 9. The van der Waals surface area contributed by atoms with Gasteiger partial charge in [-0.25, -0.2) is 0 Å². The summed E-state index contributed by atoms with van der Waals surface area (Å²) >= 11 is 0. The van der Waals surface area contributed by atoms with Crippen LogP contribution < -0.4 is 10.1 Å². The highest BCUT2D eigenvalue weighted by Gasteiger charge is 2.31. The number of amides is 3. The summed E-state index contributed by atoms with van der Waals surface area (Å²) in [6.45, 7) is 6.09. The average molecular weight is 650 g/mol. The first-order valence-electron chi connectivity index (χ1n) is 15.8. The molecule has 2 aromatic carbocycles. The number of carbonyl (C=O) groups excluding carboxylic acids is 3. The number of benzene rings is 2. The highest BCUT2D eigenvalue weighted by atomic mass is 19.4. The number of ether oxygens (including phenoxy) is 2. The quantitative estimate of drug-likeness (QED) is 0.374. The van der Waals surface area contributed by atoms with Crippen LogP contribution in [-0.4, -0.2) is 90.4 Å². The highest BCUT2D eigenvalue weighted by Crippen LogP contribution is 2.29. The van der Waals surface area contributed by atoms with E-state index in [-0.39, 0.29) is 54.5 Å². The molecule has 3 amide bonds. The van der Waals surface area contributed by atoms with Crippen molar-refractivity contribution in [3.63, 3.8) is 0 Å². The second kappa shape index (κ2) is 17.3. The lowest BCUT2D eigenvalue weighted by Crippen LogP contribution is -2.48. The van der Waals surface area contributed by atoms with Gasteiger partial charge in [-0.2, -0.15) is 13.2 Å². The number of aliphatic hydroxyl groups is 1. The van der Waals surface area contributed by atoms with Crippen molar-refractivity contribution in [2.75, 3.05) is 38.7 Å². The molecule has 0 aromatic heterocycles. The van der Waals surface area contributed by atoms with Gasteiger partial charge in [-0.05, 0) is 56.9 Å². The maximum Gasteiger partial charge on any atom is 0.389 e. The van der Waals surface area contributed by atoms with Crippen molar-refractivity contribution in [2.24, 2.45) is 5.92 Å². The Kier molecular flexibility index (Phi) is 13.9. The fraction of sp³-hybridized carbons (Fsp3) is 0.559. The van der Waals surface area contributed by atoms with Crippen LogP contribution in [0.25, 0.3) is 0 Å². The van der Waals surface area contributed by atoms with Crippen LogP contribution in [0.4, 0.5) is 18.9 Å². The molecule has 2 N–H and O–H groups in total. The number of likely N-dealkylation sites (N-methyl/N-ethyl adjacent to an activating group) is 1. The minimum absolute atomic E-state index is 0.0669. The third-order valence-corrected chi connectivity index (χ3v) is 8.05. The first-order chi connectivity index (χ1) is 21.8. The number of nitrogens with one attached hydrogen (secondary N) is 1. The zero-order valence-corrected chi connectivity index (χ0v) is 27.0. The van der Waals surface area contributed by atoms with E-state index in [1.54, 1.807) is 18.9 Å². The number of hydrogen-bond donors (Lipinski definition) is 2. The molecular weight excluding hydrogens is 603 g/mol. The van der Waals surface area contributed by atoms with Gasteiger partial charge >= 0.3 is 6.18 Å². The monoisotopic (exact) mass is 649 g/mol. The molecular formula is C34H46F3N3O6. The maximum atomic E-state index is 14.2. The van der Waals surface area contributed by atoms with Crippen molar-refractivity contribution in [1.29, 1.82) is 0 Å². The van der Waals surface area contributed by atoms with Gasteiger partial charge in [0.2, 0.25) is 11.8 Å². The van der Waals surface area contributed by atoms with Crippen LogP contribution in [0.2, 0.25) is 0 Å². The third kappa shape index (κ3) is 11.6. The molecule has 0 radical (unpaired) electrons. The largest absolute Gasteiger partial charge is 0.490 e. The Balaban J connectivity index is 1.88. The lowest BCUT2D eigenvalue weighted by atomic mass is 10.0. The van der Waals surface area contributed by atoms with E-state index in [9.17, 15) is 32.7 Å². The molecule has 1 aliphatic heterocycles. The van der Waals surface area contributed by atoms with E-state index in [0.717, 1.165) is 18.4 Å². The standard InChI is InChI=1S/C34H46F3N3O6/c1-23-20-40(24(2)22-41)33(44)28-19-27(38-31(42)15-16-34(35,36)37)13-14-29(28)46-25(3)10-8-9-17-45-30(23)21-39(4)32(43)18-26-11-6-5-7-12-26/h5-7,11-14,19,23-25,30,41H,8-10,15-18,20-22H2,1-4H3,(H,38,42)/t23-,24+,25-,30+/m0/s1. The number of carbonyl (C=O) groups is 3. The highest BCUT2D eigenvalue weighted by molar-refractivity contribution is 5.99. The van der Waals surface area contributed by atoms with Gasteiger partial charge in [-0.1, -0.05) is 37.3 Å². The van der Waals surface area contributed by atoms with E-state index in [1.807, 2.05) is 44.2 Å². The molecule has 0 spiro atoms. The topological polar surface area (TPSA) is 108 Å². The summed E-state index contributed by atoms with van der Waals surface area (Å²) in [5, 5.41) is 12.6. The number of fused-ring (bicyclic) bond motifs is 1. The lowest BCUT2D eigenvalue weighted by molar-refractivity contribution is -0.142. The fourth-order valence-corrected chi connectivity index (χ4v) is 5.22. The summed E-state index contributed by atoms with van der Waals surface area (Å²) in [5.41, 5.74) is 1.16. The van der Waals surface area contributed by atoms with Crippen LogP contribution >= 0.6 is 0 Å². The van der Waals surface area contributed by atoms with Crippen molar-refractivity contribution in [3.8, 4) is 5.75 Å². The molecule has 4 atom stereocenters. The summed E-state index contributed by atoms with van der Waals surface area (Å²) in [6.07, 6.45) is -4.73. The van der Waals surface area contributed by atoms with Gasteiger partial charge in [-0.3, -0.25) is 14.4 Å². The van der Waals surface area contributed by atoms with Crippen molar-refractivity contribution >= 4 is 23.4 Å². The predicted molar refractivity (Wildman–Crippen MR) is 169 cm³/mol. The number of nitrogens with zero attached hydrogens (tertiary/aromatic N) is 2. The molecule has 3 rings (SSSR count). The molecule has 0 saturated carbocycles. The number of alkyl halides is 3. The van der Waals surface area contributed by atoms with Gasteiger partial charge < -0.3 is 29.7 Å². The first kappa shape index (κ1) is 36.8. The molecule has 9 nitrogen and oxygen atoms in total. The molecule has 46 heavy (non-hydrogen) atoms. The second-order valence-corrected chi connectivity index (χ2v) is 12.1. The molecule has 1 aliphatic rings. The fourth-order valence-electron chi connectivity index (χ4n) is 5.22. The Morgan fingerprint density at radius 3 is 2.52 bits per heavy atom. The number of anilines is 1. The number of halogens is 3.